The van der Waals surface area contributed by atoms with Gasteiger partial charge in [-0.25, -0.2) is 9.48 Å². The molecule has 5 rings (SSSR count). The Morgan fingerprint density at radius 2 is 1.59 bits per heavy atom. The van der Waals surface area contributed by atoms with Crippen molar-refractivity contribution in [3.63, 3.8) is 0 Å². The molecule has 4 aromatic rings. The van der Waals surface area contributed by atoms with Crippen molar-refractivity contribution in [3.8, 4) is 11.4 Å². The Kier molecular flexibility index (Phi) is 6.34. The summed E-state index contributed by atoms with van der Waals surface area (Å²) in [5.74, 6) is -0.934. The fraction of sp³-hybridized carbons (Fsp3) is 0.241. The summed E-state index contributed by atoms with van der Waals surface area (Å²) >= 11 is 5.98. The lowest BCUT2D eigenvalue weighted by Crippen LogP contribution is -2.41. The summed E-state index contributed by atoms with van der Waals surface area (Å²) in [7, 11) is 1.81. The normalized spacial score (nSPS) is 17.1. The standard InChI is InChI=1S/C29H28ClN5O4/c1-17-15-23(18(2)34(17)25-19(3)32(5)35(26(25)37)22-9-7-6-8-10-22)24(36)16-33-27(38)29(4,31-28(33)39)20-11-13-21(30)14-12-20/h6-15H,16H2,1-5H3,(H,31,39)/t29-/m1/s1. The van der Waals surface area contributed by atoms with E-state index in [0.717, 1.165) is 16.3 Å². The van der Waals surface area contributed by atoms with E-state index in [1.807, 2.05) is 51.2 Å². The zero-order chi connectivity index (χ0) is 28.2. The van der Waals surface area contributed by atoms with Crippen molar-refractivity contribution < 1.29 is 14.4 Å². The molecule has 0 aliphatic carbocycles. The highest BCUT2D eigenvalue weighted by Crippen LogP contribution is 2.30. The summed E-state index contributed by atoms with van der Waals surface area (Å²) < 4.78 is 5.11. The van der Waals surface area contributed by atoms with E-state index in [2.05, 4.69) is 5.32 Å². The number of halogens is 1. The number of urea groups is 1. The van der Waals surface area contributed by atoms with Crippen LogP contribution >= 0.6 is 11.6 Å². The van der Waals surface area contributed by atoms with Gasteiger partial charge in [0.25, 0.3) is 11.5 Å². The molecule has 9 nitrogen and oxygen atoms in total. The molecule has 0 unspecified atom stereocenters. The molecule has 2 aromatic heterocycles. The Balaban J connectivity index is 1.48. The number of Topliss-reactive ketones (excluding diaryl/α,β-unsaturated/α-hetero) is 1. The number of nitrogens with one attached hydrogen (secondary N) is 1. The SMILES string of the molecule is Cc1cc(C(=O)CN2C(=O)N[C@](C)(c3ccc(Cl)cc3)C2=O)c(C)n1-c1c(C)n(C)n(-c2ccccc2)c1=O. The first kappa shape index (κ1) is 26.2. The number of benzene rings is 2. The molecule has 1 N–H and O–H groups in total. The van der Waals surface area contributed by atoms with Crippen molar-refractivity contribution in [1.29, 1.82) is 0 Å². The van der Waals surface area contributed by atoms with Crippen molar-refractivity contribution in [2.24, 2.45) is 7.05 Å². The van der Waals surface area contributed by atoms with Crippen LogP contribution in [0.15, 0.2) is 65.5 Å². The Morgan fingerprint density at radius 3 is 2.23 bits per heavy atom. The summed E-state index contributed by atoms with van der Waals surface area (Å²) in [6.07, 6.45) is 0. The quantitative estimate of drug-likeness (QED) is 0.290. The minimum atomic E-state index is -1.32. The number of nitrogens with zero attached hydrogens (tertiary/aromatic N) is 4. The van der Waals surface area contributed by atoms with Gasteiger partial charge in [0.15, 0.2) is 5.78 Å². The van der Waals surface area contributed by atoms with Crippen LogP contribution in [0.5, 0.6) is 0 Å². The molecule has 3 amide bonds. The number of para-hydroxylation sites is 1. The topological polar surface area (TPSA) is 98.3 Å². The van der Waals surface area contributed by atoms with E-state index in [0.29, 0.717) is 33.2 Å². The highest BCUT2D eigenvalue weighted by atomic mass is 35.5. The number of imide groups is 1. The Bertz CT molecular complexity index is 1700. The van der Waals surface area contributed by atoms with E-state index in [1.54, 1.807) is 58.1 Å². The molecule has 1 fully saturated rings. The highest BCUT2D eigenvalue weighted by Gasteiger charge is 2.49. The van der Waals surface area contributed by atoms with Gasteiger partial charge in [-0.05, 0) is 63.6 Å². The second-order valence-corrected chi connectivity index (χ2v) is 10.3. The van der Waals surface area contributed by atoms with Crippen LogP contribution in [-0.4, -0.2) is 43.1 Å². The molecular formula is C29H28ClN5O4. The summed E-state index contributed by atoms with van der Waals surface area (Å²) in [6, 6.07) is 17.0. The van der Waals surface area contributed by atoms with Gasteiger partial charge in [0.05, 0.1) is 17.9 Å². The van der Waals surface area contributed by atoms with Crippen molar-refractivity contribution in [2.75, 3.05) is 6.54 Å². The largest absolute Gasteiger partial charge is 0.325 e. The van der Waals surface area contributed by atoms with Gasteiger partial charge >= 0.3 is 6.03 Å². The summed E-state index contributed by atoms with van der Waals surface area (Å²) in [5, 5.41) is 3.21. The fourth-order valence-corrected chi connectivity index (χ4v) is 5.38. The third kappa shape index (κ3) is 4.10. The summed E-state index contributed by atoms with van der Waals surface area (Å²) in [5.41, 5.74) is 2.46. The van der Waals surface area contributed by atoms with Crippen molar-refractivity contribution >= 4 is 29.3 Å². The van der Waals surface area contributed by atoms with Crippen molar-refractivity contribution in [2.45, 2.75) is 33.2 Å². The van der Waals surface area contributed by atoms with E-state index < -0.39 is 29.8 Å². The molecule has 200 valence electrons. The van der Waals surface area contributed by atoms with Gasteiger partial charge in [0, 0.05) is 29.0 Å². The van der Waals surface area contributed by atoms with Gasteiger partial charge in [-0.1, -0.05) is 41.9 Å². The van der Waals surface area contributed by atoms with Crippen molar-refractivity contribution in [3.05, 3.63) is 104 Å². The molecule has 0 radical (unpaired) electrons. The number of ketones is 1. The maximum Gasteiger partial charge on any atom is 0.325 e. The molecule has 0 saturated carbocycles. The first-order valence-electron chi connectivity index (χ1n) is 12.4. The van der Waals surface area contributed by atoms with Gasteiger partial charge in [0.1, 0.15) is 11.2 Å². The number of hydrogen-bond donors (Lipinski definition) is 1. The average Bonchev–Trinajstić information content (AvgIpc) is 3.41. The molecule has 2 aromatic carbocycles. The molecule has 0 spiro atoms. The Labute approximate surface area is 230 Å². The third-order valence-corrected chi connectivity index (χ3v) is 7.73. The number of aromatic nitrogens is 3. The molecule has 1 atom stereocenters. The molecule has 0 bridgehead atoms. The highest BCUT2D eigenvalue weighted by molar-refractivity contribution is 6.30. The van der Waals surface area contributed by atoms with Gasteiger partial charge in [-0.3, -0.25) is 24.0 Å². The number of carbonyl (C=O) groups is 3. The Morgan fingerprint density at radius 1 is 0.949 bits per heavy atom. The fourth-order valence-electron chi connectivity index (χ4n) is 5.25. The number of aryl methyl sites for hydroxylation is 1. The minimum Gasteiger partial charge on any atom is -0.319 e. The van der Waals surface area contributed by atoms with E-state index in [4.69, 9.17) is 11.6 Å². The Hall–Kier alpha value is -4.37. The molecule has 10 heteroatoms. The smallest absolute Gasteiger partial charge is 0.319 e. The average molecular weight is 546 g/mol. The lowest BCUT2D eigenvalue weighted by molar-refractivity contribution is -0.130. The monoisotopic (exact) mass is 545 g/mol. The zero-order valence-electron chi connectivity index (χ0n) is 22.3. The van der Waals surface area contributed by atoms with E-state index in [9.17, 15) is 19.2 Å². The second kappa shape index (κ2) is 9.43. The molecule has 3 heterocycles. The van der Waals surface area contributed by atoms with Crippen LogP contribution in [0.2, 0.25) is 5.02 Å². The second-order valence-electron chi connectivity index (χ2n) is 9.91. The van der Waals surface area contributed by atoms with Crippen LogP contribution in [-0.2, 0) is 17.4 Å². The van der Waals surface area contributed by atoms with E-state index >= 15 is 0 Å². The summed E-state index contributed by atoms with van der Waals surface area (Å²) in [4.78, 5) is 54.2. The minimum absolute atomic E-state index is 0.227. The van der Waals surface area contributed by atoms with Crippen LogP contribution in [0.3, 0.4) is 0 Å². The van der Waals surface area contributed by atoms with Gasteiger partial charge < -0.3 is 9.88 Å². The van der Waals surface area contributed by atoms with Crippen LogP contribution in [0.25, 0.3) is 11.4 Å². The molecule has 1 aliphatic rings. The zero-order valence-corrected chi connectivity index (χ0v) is 23.0. The first-order valence-corrected chi connectivity index (χ1v) is 12.8. The maximum atomic E-state index is 13.6. The van der Waals surface area contributed by atoms with Crippen LogP contribution < -0.4 is 10.9 Å². The summed E-state index contributed by atoms with van der Waals surface area (Å²) in [6.45, 7) is 6.58. The van der Waals surface area contributed by atoms with Crippen LogP contribution in [0.4, 0.5) is 4.79 Å². The number of amides is 3. The van der Waals surface area contributed by atoms with E-state index in [-0.39, 0.29) is 5.56 Å². The number of carbonyl (C=O) groups excluding carboxylic acids is 3. The first-order chi connectivity index (χ1) is 18.5. The molecule has 39 heavy (non-hydrogen) atoms. The van der Waals surface area contributed by atoms with E-state index in [1.165, 1.54) is 0 Å². The van der Waals surface area contributed by atoms with Gasteiger partial charge in [-0.2, -0.15) is 0 Å². The van der Waals surface area contributed by atoms with Crippen molar-refractivity contribution in [1.82, 2.24) is 24.1 Å². The van der Waals surface area contributed by atoms with Crippen LogP contribution in [0, 0.1) is 20.8 Å². The lowest BCUT2D eigenvalue weighted by Gasteiger charge is -2.22. The predicted molar refractivity (Wildman–Crippen MR) is 148 cm³/mol. The molecular weight excluding hydrogens is 518 g/mol. The number of rotatable bonds is 6. The maximum absolute atomic E-state index is 13.6. The molecule has 1 aliphatic heterocycles. The van der Waals surface area contributed by atoms with Gasteiger partial charge in [-0.15, -0.1) is 0 Å². The molecule has 1 saturated heterocycles. The predicted octanol–water partition coefficient (Wildman–Crippen LogP) is 4.20. The third-order valence-electron chi connectivity index (χ3n) is 7.48. The van der Waals surface area contributed by atoms with Gasteiger partial charge in [0.2, 0.25) is 0 Å². The number of hydrogen-bond acceptors (Lipinski definition) is 4. The van der Waals surface area contributed by atoms with Crippen LogP contribution in [0.1, 0.15) is 39.9 Å². The lowest BCUT2D eigenvalue weighted by atomic mass is 9.92.